The first kappa shape index (κ1) is 13.8. The van der Waals surface area contributed by atoms with Gasteiger partial charge in [-0.3, -0.25) is 0 Å². The van der Waals surface area contributed by atoms with Gasteiger partial charge in [-0.25, -0.2) is 9.97 Å². The first-order chi connectivity index (χ1) is 8.97. The molecule has 2 rings (SSSR count). The summed E-state index contributed by atoms with van der Waals surface area (Å²) in [5.74, 6) is 0.612. The summed E-state index contributed by atoms with van der Waals surface area (Å²) in [5.41, 5.74) is -0.744. The third kappa shape index (κ3) is 3.66. The van der Waals surface area contributed by atoms with Crippen molar-refractivity contribution in [1.82, 2.24) is 9.97 Å². The molecule has 0 spiro atoms. The van der Waals surface area contributed by atoms with Gasteiger partial charge in [0, 0.05) is 30.2 Å². The first-order valence-corrected chi connectivity index (χ1v) is 6.51. The summed E-state index contributed by atoms with van der Waals surface area (Å²) in [6.07, 6.45) is -1.79. The van der Waals surface area contributed by atoms with Gasteiger partial charge < -0.3 is 5.32 Å². The zero-order valence-electron chi connectivity index (χ0n) is 10.1. The molecule has 0 aliphatic carbocycles. The van der Waals surface area contributed by atoms with E-state index in [4.69, 9.17) is 0 Å². The van der Waals surface area contributed by atoms with Crippen molar-refractivity contribution in [1.29, 1.82) is 0 Å². The molecule has 19 heavy (non-hydrogen) atoms. The molecule has 7 heteroatoms. The maximum Gasteiger partial charge on any atom is 0.417 e. The van der Waals surface area contributed by atoms with Crippen LogP contribution in [0.3, 0.4) is 0 Å². The number of aromatic nitrogens is 2. The number of pyridine rings is 1. The summed E-state index contributed by atoms with van der Waals surface area (Å²) < 4.78 is 37.1. The van der Waals surface area contributed by atoms with Crippen molar-refractivity contribution >= 4 is 17.2 Å². The molecular weight excluding hydrogens is 275 g/mol. The van der Waals surface area contributed by atoms with Gasteiger partial charge in [0.25, 0.3) is 0 Å². The Bertz CT molecular complexity index is 508. The number of alkyl halides is 3. The normalized spacial score (nSPS) is 13.3. The van der Waals surface area contributed by atoms with Gasteiger partial charge in [-0.1, -0.05) is 6.92 Å². The number of thiazole rings is 1. The second-order valence-corrected chi connectivity index (χ2v) is 5.01. The summed E-state index contributed by atoms with van der Waals surface area (Å²) in [6, 6.07) is 2.35. The number of hydrogen-bond donors (Lipinski definition) is 1. The van der Waals surface area contributed by atoms with Gasteiger partial charge in [0.05, 0.1) is 10.6 Å². The summed E-state index contributed by atoms with van der Waals surface area (Å²) in [5, 5.41) is 5.88. The Labute approximate surface area is 112 Å². The van der Waals surface area contributed by atoms with Crippen LogP contribution in [0.15, 0.2) is 29.9 Å². The van der Waals surface area contributed by atoms with Gasteiger partial charge in [0.15, 0.2) is 0 Å². The lowest BCUT2D eigenvalue weighted by atomic mass is 10.2. The van der Waals surface area contributed by atoms with Crippen LogP contribution in [0.2, 0.25) is 0 Å². The molecule has 1 unspecified atom stereocenters. The quantitative estimate of drug-likeness (QED) is 0.930. The van der Waals surface area contributed by atoms with Gasteiger partial charge >= 0.3 is 6.18 Å². The molecule has 3 nitrogen and oxygen atoms in total. The lowest BCUT2D eigenvalue weighted by molar-refractivity contribution is -0.137. The van der Waals surface area contributed by atoms with Gasteiger partial charge in [-0.2, -0.15) is 13.2 Å². The number of hydrogen-bond acceptors (Lipinski definition) is 4. The summed E-state index contributed by atoms with van der Waals surface area (Å²) >= 11 is 1.55. The van der Waals surface area contributed by atoms with Crippen LogP contribution in [0.25, 0.3) is 0 Å². The maximum absolute atomic E-state index is 12.4. The molecule has 0 aromatic carbocycles. The molecule has 0 aliphatic heterocycles. The minimum Gasteiger partial charge on any atom is -0.369 e. The Morgan fingerprint density at radius 3 is 2.63 bits per heavy atom. The Kier molecular flexibility index (Phi) is 4.04. The number of rotatable bonds is 4. The molecule has 102 valence electrons. The topological polar surface area (TPSA) is 37.8 Å². The molecule has 1 N–H and O–H groups in total. The molecule has 0 fully saturated rings. The van der Waals surface area contributed by atoms with E-state index in [9.17, 15) is 13.2 Å². The summed E-state index contributed by atoms with van der Waals surface area (Å²) in [7, 11) is 0. The van der Waals surface area contributed by atoms with Crippen molar-refractivity contribution in [2.24, 2.45) is 0 Å². The average Bonchev–Trinajstić information content (AvgIpc) is 2.89. The van der Waals surface area contributed by atoms with Gasteiger partial charge in [0.2, 0.25) is 0 Å². The second-order valence-electron chi connectivity index (χ2n) is 4.08. The van der Waals surface area contributed by atoms with Crippen molar-refractivity contribution in [2.75, 3.05) is 11.9 Å². The smallest absolute Gasteiger partial charge is 0.369 e. The predicted octanol–water partition coefficient (Wildman–Crippen LogP) is 3.77. The van der Waals surface area contributed by atoms with Crippen LogP contribution < -0.4 is 5.32 Å². The fourth-order valence-corrected chi connectivity index (χ4v) is 2.19. The molecule has 2 heterocycles. The highest BCUT2D eigenvalue weighted by Crippen LogP contribution is 2.29. The molecule has 0 radical (unpaired) electrons. The van der Waals surface area contributed by atoms with Crippen LogP contribution in [-0.2, 0) is 6.18 Å². The van der Waals surface area contributed by atoms with Crippen molar-refractivity contribution in [3.8, 4) is 0 Å². The largest absolute Gasteiger partial charge is 0.417 e. The van der Waals surface area contributed by atoms with E-state index >= 15 is 0 Å². The van der Waals surface area contributed by atoms with E-state index in [1.54, 1.807) is 17.5 Å². The van der Waals surface area contributed by atoms with Gasteiger partial charge in [-0.15, -0.1) is 11.3 Å². The summed E-state index contributed by atoms with van der Waals surface area (Å²) in [6.45, 7) is 2.57. The Hall–Kier alpha value is -1.63. The highest BCUT2D eigenvalue weighted by atomic mass is 32.1. The molecule has 0 amide bonds. The summed E-state index contributed by atoms with van der Waals surface area (Å²) in [4.78, 5) is 7.93. The molecular formula is C12H12F3N3S. The van der Waals surface area contributed by atoms with Crippen molar-refractivity contribution in [2.45, 2.75) is 19.0 Å². The first-order valence-electron chi connectivity index (χ1n) is 5.63. The SMILES string of the molecule is CC(CNc1ccc(C(F)(F)F)cn1)c1nccs1. The van der Waals surface area contributed by atoms with E-state index in [0.29, 0.717) is 12.4 Å². The van der Waals surface area contributed by atoms with E-state index in [2.05, 4.69) is 15.3 Å². The number of nitrogens with one attached hydrogen (secondary N) is 1. The Morgan fingerprint density at radius 2 is 2.11 bits per heavy atom. The third-order valence-corrected chi connectivity index (χ3v) is 3.56. The van der Waals surface area contributed by atoms with Crippen LogP contribution in [0.4, 0.5) is 19.0 Å². The van der Waals surface area contributed by atoms with Crippen LogP contribution >= 0.6 is 11.3 Å². The molecule has 0 bridgehead atoms. The van der Waals surface area contributed by atoms with Crippen molar-refractivity contribution in [3.05, 3.63) is 40.5 Å². The molecule has 0 saturated heterocycles. The van der Waals surface area contributed by atoms with E-state index in [0.717, 1.165) is 17.3 Å². The van der Waals surface area contributed by atoms with E-state index in [1.165, 1.54) is 6.07 Å². The minimum atomic E-state index is -4.35. The lowest BCUT2D eigenvalue weighted by Crippen LogP contribution is -2.11. The standard InChI is InChI=1S/C12H12F3N3S/c1-8(11-16-4-5-19-11)6-17-10-3-2-9(7-18-10)12(13,14)15/h2-5,7-8H,6H2,1H3,(H,17,18). The zero-order valence-corrected chi connectivity index (χ0v) is 10.9. The van der Waals surface area contributed by atoms with Crippen LogP contribution in [-0.4, -0.2) is 16.5 Å². The van der Waals surface area contributed by atoms with Crippen molar-refractivity contribution < 1.29 is 13.2 Å². The van der Waals surface area contributed by atoms with E-state index in [1.807, 2.05) is 12.3 Å². The Balaban J connectivity index is 1.93. The minimum absolute atomic E-state index is 0.184. The highest BCUT2D eigenvalue weighted by molar-refractivity contribution is 7.09. The van der Waals surface area contributed by atoms with Crippen LogP contribution in [0.5, 0.6) is 0 Å². The molecule has 0 saturated carbocycles. The zero-order chi connectivity index (χ0) is 13.9. The fraction of sp³-hybridized carbons (Fsp3) is 0.333. The Morgan fingerprint density at radius 1 is 1.32 bits per heavy atom. The number of nitrogens with zero attached hydrogens (tertiary/aromatic N) is 2. The molecule has 2 aromatic heterocycles. The highest BCUT2D eigenvalue weighted by Gasteiger charge is 2.30. The maximum atomic E-state index is 12.4. The molecule has 2 aromatic rings. The number of halogens is 3. The van der Waals surface area contributed by atoms with Gasteiger partial charge in [-0.05, 0) is 12.1 Å². The third-order valence-electron chi connectivity index (χ3n) is 2.55. The van der Waals surface area contributed by atoms with E-state index in [-0.39, 0.29) is 5.92 Å². The van der Waals surface area contributed by atoms with Crippen molar-refractivity contribution in [3.63, 3.8) is 0 Å². The monoisotopic (exact) mass is 287 g/mol. The molecule has 1 atom stereocenters. The predicted molar refractivity (Wildman–Crippen MR) is 68.3 cm³/mol. The number of anilines is 1. The fourth-order valence-electron chi connectivity index (χ4n) is 1.49. The average molecular weight is 287 g/mol. The lowest BCUT2D eigenvalue weighted by Gasteiger charge is -2.11. The van der Waals surface area contributed by atoms with Gasteiger partial charge in [0.1, 0.15) is 5.82 Å². The van der Waals surface area contributed by atoms with Crippen LogP contribution in [0, 0.1) is 0 Å². The van der Waals surface area contributed by atoms with Crippen LogP contribution in [0.1, 0.15) is 23.4 Å². The molecule has 0 aliphatic rings. The second kappa shape index (κ2) is 5.56. The van der Waals surface area contributed by atoms with E-state index < -0.39 is 11.7 Å².